The van der Waals surface area contributed by atoms with E-state index in [1.54, 1.807) is 0 Å². The van der Waals surface area contributed by atoms with Crippen LogP contribution in [0.2, 0.25) is 0 Å². The monoisotopic (exact) mass is 1270 g/mol. The van der Waals surface area contributed by atoms with Crippen LogP contribution >= 0.6 is 0 Å². The number of rotatable bonds is 68. The van der Waals surface area contributed by atoms with Gasteiger partial charge in [-0.15, -0.1) is 0 Å². The zero-order valence-corrected chi connectivity index (χ0v) is 59.5. The van der Waals surface area contributed by atoms with Crippen molar-refractivity contribution in [2.24, 2.45) is 0 Å². The van der Waals surface area contributed by atoms with E-state index in [4.69, 9.17) is 18.9 Å². The maximum absolute atomic E-state index is 12.9. The summed E-state index contributed by atoms with van der Waals surface area (Å²) in [5, 5.41) is 9.75. The van der Waals surface area contributed by atoms with E-state index in [9.17, 15) is 19.5 Å². The van der Waals surface area contributed by atoms with Gasteiger partial charge in [0.15, 0.2) is 6.10 Å². The first-order chi connectivity index (χ1) is 44.6. The summed E-state index contributed by atoms with van der Waals surface area (Å²) in [7, 11) is 5.96. The van der Waals surface area contributed by atoms with Crippen LogP contribution in [0.25, 0.3) is 0 Å². The van der Waals surface area contributed by atoms with Crippen molar-refractivity contribution in [3.63, 3.8) is 0 Å². The number of carbonyl (C=O) groups excluding carboxylic acids is 2. The summed E-state index contributed by atoms with van der Waals surface area (Å²) in [5.74, 6) is -2.07. The van der Waals surface area contributed by atoms with Gasteiger partial charge in [-0.2, -0.15) is 0 Å². The van der Waals surface area contributed by atoms with Gasteiger partial charge in [-0.25, -0.2) is 4.79 Å². The molecule has 0 saturated heterocycles. The van der Waals surface area contributed by atoms with Crippen LogP contribution in [-0.2, 0) is 33.3 Å². The number of allylic oxidation sites excluding steroid dienone is 22. The number of nitrogens with zero attached hydrogens (tertiary/aromatic N) is 1. The third-order valence-electron chi connectivity index (χ3n) is 15.9. The van der Waals surface area contributed by atoms with Crippen molar-refractivity contribution in [1.29, 1.82) is 0 Å². The molecular formula is C82H140NO8+. The third-order valence-corrected chi connectivity index (χ3v) is 15.9. The van der Waals surface area contributed by atoms with Crippen LogP contribution in [0.4, 0.5) is 0 Å². The lowest BCUT2D eigenvalue weighted by molar-refractivity contribution is -0.870. The molecule has 0 heterocycles. The molecule has 9 heteroatoms. The Labute approximate surface area is 560 Å². The minimum atomic E-state index is -1.53. The van der Waals surface area contributed by atoms with Crippen molar-refractivity contribution >= 4 is 17.9 Å². The van der Waals surface area contributed by atoms with Gasteiger partial charge in [0.25, 0.3) is 6.29 Å². The highest BCUT2D eigenvalue weighted by Gasteiger charge is 2.25. The highest BCUT2D eigenvalue weighted by atomic mass is 16.7. The van der Waals surface area contributed by atoms with Crippen molar-refractivity contribution in [3.05, 3.63) is 134 Å². The number of carboxylic acid groups (broad SMARTS) is 1. The fraction of sp³-hybridized carbons (Fsp3) is 0.695. The van der Waals surface area contributed by atoms with E-state index >= 15 is 0 Å². The standard InChI is InChI=1S/C82H139NO8/c1-6-8-10-12-14-16-18-20-22-24-26-28-30-32-34-36-38-40-42-44-46-48-50-52-54-56-58-60-62-64-66-68-70-72-79(84)89-76-78(77-90-82(81(86)87)88-75-74-83(3,4)5)91-80(85)73-71-69-67-65-63-61-59-57-55-53-51-49-47-45-43-41-39-37-35-33-31-29-27-25-23-21-19-17-15-13-11-9-7-2/h9,11,15,17,21,23-24,26-27,29,33,35,39,41,45,47,51,53,57,59,63,65,78,82H,6-8,10,12-14,16,18-20,22,25,28,30-32,34,36-38,40,42-44,46,48-50,52,54-56,58,60-62,64,66-77H2,1-5H3/p+1/b11-9-,17-15-,23-21-,26-24-,29-27-,35-33-,41-39-,47-45-,53-51-,59-57-,65-63-. The van der Waals surface area contributed by atoms with Gasteiger partial charge in [0.05, 0.1) is 34.4 Å². The second-order valence-corrected chi connectivity index (χ2v) is 25.9. The van der Waals surface area contributed by atoms with Crippen LogP contribution in [0.5, 0.6) is 0 Å². The molecule has 0 rings (SSSR count). The van der Waals surface area contributed by atoms with Gasteiger partial charge in [0, 0.05) is 12.8 Å². The Kier molecular flexibility index (Phi) is 67.7. The normalized spacial score (nSPS) is 13.5. The first-order valence-electron chi connectivity index (χ1n) is 37.3. The molecule has 0 aliphatic carbocycles. The number of carbonyl (C=O) groups is 3. The number of quaternary nitrogens is 1. The summed E-state index contributed by atoms with van der Waals surface area (Å²) < 4.78 is 22.9. The first-order valence-corrected chi connectivity index (χ1v) is 37.3. The Morgan fingerprint density at radius 2 is 0.626 bits per heavy atom. The van der Waals surface area contributed by atoms with Gasteiger partial charge in [-0.05, 0) is 116 Å². The number of carboxylic acids is 1. The molecule has 0 aromatic rings. The van der Waals surface area contributed by atoms with Gasteiger partial charge >= 0.3 is 17.9 Å². The van der Waals surface area contributed by atoms with Crippen LogP contribution in [0.3, 0.4) is 0 Å². The van der Waals surface area contributed by atoms with Crippen molar-refractivity contribution in [2.45, 2.75) is 322 Å². The molecule has 0 spiro atoms. The number of hydrogen-bond donors (Lipinski definition) is 1. The number of aliphatic carboxylic acids is 1. The molecular weight excluding hydrogens is 1130 g/mol. The van der Waals surface area contributed by atoms with Crippen molar-refractivity contribution in [2.75, 3.05) is 47.5 Å². The second kappa shape index (κ2) is 71.3. The molecule has 520 valence electrons. The number of likely N-dealkylation sites (N-methyl/N-ethyl adjacent to an activating group) is 1. The third kappa shape index (κ3) is 72.7. The van der Waals surface area contributed by atoms with Gasteiger partial charge in [0.2, 0.25) is 0 Å². The van der Waals surface area contributed by atoms with Crippen molar-refractivity contribution < 1.29 is 42.9 Å². The zero-order chi connectivity index (χ0) is 66.1. The maximum atomic E-state index is 12.9. The molecule has 0 fully saturated rings. The summed E-state index contributed by atoms with van der Waals surface area (Å²) in [6.45, 7) is 4.73. The highest BCUT2D eigenvalue weighted by Crippen LogP contribution is 2.17. The first kappa shape index (κ1) is 86.4. The minimum absolute atomic E-state index is 0.173. The smallest absolute Gasteiger partial charge is 0.361 e. The molecule has 1 N–H and O–H groups in total. The molecule has 9 nitrogen and oxygen atoms in total. The number of esters is 2. The van der Waals surface area contributed by atoms with E-state index in [-0.39, 0.29) is 38.6 Å². The van der Waals surface area contributed by atoms with Gasteiger partial charge < -0.3 is 28.5 Å². The van der Waals surface area contributed by atoms with Crippen LogP contribution in [0.15, 0.2) is 134 Å². The molecule has 0 bridgehead atoms. The molecule has 0 aromatic carbocycles. The van der Waals surface area contributed by atoms with E-state index in [2.05, 4.69) is 148 Å². The summed E-state index contributed by atoms with van der Waals surface area (Å²) in [4.78, 5) is 37.7. The quantitative estimate of drug-likeness (QED) is 0.0211. The lowest BCUT2D eigenvalue weighted by atomic mass is 10.0. The Morgan fingerprint density at radius 1 is 0.341 bits per heavy atom. The van der Waals surface area contributed by atoms with E-state index in [1.807, 2.05) is 21.1 Å². The molecule has 2 atom stereocenters. The van der Waals surface area contributed by atoms with Crippen LogP contribution in [0, 0.1) is 0 Å². The summed E-state index contributed by atoms with van der Waals surface area (Å²) in [6.07, 6.45) is 100. The average molecular weight is 1270 g/mol. The van der Waals surface area contributed by atoms with Crippen LogP contribution in [0.1, 0.15) is 309 Å². The summed E-state index contributed by atoms with van der Waals surface area (Å²) in [6, 6.07) is 0. The average Bonchev–Trinajstić information content (AvgIpc) is 3.46. The molecule has 0 aromatic heterocycles. The SMILES string of the molecule is CC/C=C\C/C=C\C/C=C\C/C=C\C/C=C\C/C=C\C/C=C\C/C=C\C/C=C\C/C=C\CCCCC(=O)OC(COC(=O)CCCCCCCCCCCCCCCCCCCCCCC/C=C\CCCCCCCCCC)COC(OCC[N+](C)(C)C)C(=O)O. The molecule has 0 saturated carbocycles. The number of ether oxygens (including phenoxy) is 4. The van der Waals surface area contributed by atoms with Crippen molar-refractivity contribution in [3.8, 4) is 0 Å². The molecule has 91 heavy (non-hydrogen) atoms. The van der Waals surface area contributed by atoms with Gasteiger partial charge in [-0.3, -0.25) is 9.59 Å². The van der Waals surface area contributed by atoms with E-state index in [1.165, 1.54) is 180 Å². The Morgan fingerprint density at radius 3 is 0.967 bits per heavy atom. The zero-order valence-electron chi connectivity index (χ0n) is 59.5. The predicted octanol–water partition coefficient (Wildman–Crippen LogP) is 23.7. The van der Waals surface area contributed by atoms with E-state index in [0.717, 1.165) is 96.3 Å². The molecule has 0 radical (unpaired) electrons. The topological polar surface area (TPSA) is 108 Å². The lowest BCUT2D eigenvalue weighted by Gasteiger charge is -2.25. The Hall–Kier alpha value is -4.57. The van der Waals surface area contributed by atoms with E-state index < -0.39 is 24.3 Å². The molecule has 0 amide bonds. The van der Waals surface area contributed by atoms with Gasteiger partial charge in [0.1, 0.15) is 13.2 Å². The number of unbranched alkanes of at least 4 members (excludes halogenated alkanes) is 31. The minimum Gasteiger partial charge on any atom is -0.477 e. The largest absolute Gasteiger partial charge is 0.477 e. The van der Waals surface area contributed by atoms with Crippen LogP contribution < -0.4 is 0 Å². The lowest BCUT2D eigenvalue weighted by Crippen LogP contribution is -2.40. The molecule has 0 aliphatic rings. The Bertz CT molecular complexity index is 1960. The van der Waals surface area contributed by atoms with Gasteiger partial charge in [-0.1, -0.05) is 314 Å². The highest BCUT2D eigenvalue weighted by molar-refractivity contribution is 5.71. The van der Waals surface area contributed by atoms with E-state index in [0.29, 0.717) is 17.4 Å². The predicted molar refractivity (Wildman–Crippen MR) is 391 cm³/mol. The second-order valence-electron chi connectivity index (χ2n) is 25.9. The van der Waals surface area contributed by atoms with Crippen molar-refractivity contribution in [1.82, 2.24) is 0 Å². The number of hydrogen-bond acceptors (Lipinski definition) is 7. The fourth-order valence-corrected chi connectivity index (χ4v) is 10.2. The fourth-order valence-electron chi connectivity index (χ4n) is 10.2. The summed E-state index contributed by atoms with van der Waals surface area (Å²) in [5.41, 5.74) is 0. The molecule has 2 unspecified atom stereocenters. The Balaban J connectivity index is 4.18. The maximum Gasteiger partial charge on any atom is 0.361 e. The van der Waals surface area contributed by atoms with Crippen LogP contribution in [-0.4, -0.2) is 87.4 Å². The molecule has 0 aliphatic heterocycles. The summed E-state index contributed by atoms with van der Waals surface area (Å²) >= 11 is 0.